The molecule has 1 N–H and O–H groups in total. The minimum atomic E-state index is -0.869. The lowest BCUT2D eigenvalue weighted by Crippen LogP contribution is -2.39. The van der Waals surface area contributed by atoms with Crippen molar-refractivity contribution in [2.24, 2.45) is 0 Å². The summed E-state index contributed by atoms with van der Waals surface area (Å²) in [5.74, 6) is 0.642. The van der Waals surface area contributed by atoms with Crippen LogP contribution in [0.3, 0.4) is 0 Å². The first-order chi connectivity index (χ1) is 10.7. The van der Waals surface area contributed by atoms with Crippen molar-refractivity contribution in [2.75, 3.05) is 13.2 Å². The summed E-state index contributed by atoms with van der Waals surface area (Å²) in [6, 6.07) is 10.6. The van der Waals surface area contributed by atoms with E-state index >= 15 is 0 Å². The lowest BCUT2D eigenvalue weighted by molar-refractivity contribution is 0.00449. The van der Waals surface area contributed by atoms with Crippen molar-refractivity contribution in [2.45, 2.75) is 43.7 Å². The van der Waals surface area contributed by atoms with Gasteiger partial charge in [0.2, 0.25) is 0 Å². The number of ether oxygens (including phenoxy) is 1. The van der Waals surface area contributed by atoms with E-state index in [0.717, 1.165) is 25.7 Å². The van der Waals surface area contributed by atoms with Crippen molar-refractivity contribution in [1.82, 2.24) is 4.90 Å². The van der Waals surface area contributed by atoms with Gasteiger partial charge in [-0.05, 0) is 37.2 Å². The van der Waals surface area contributed by atoms with Gasteiger partial charge in [0.1, 0.15) is 0 Å². The summed E-state index contributed by atoms with van der Waals surface area (Å²) in [5, 5.41) is 9.11. The maximum Gasteiger partial charge on any atom is 0.408 e. The van der Waals surface area contributed by atoms with Crippen molar-refractivity contribution in [1.29, 1.82) is 0 Å². The number of hydrogen-bond donors (Lipinski definition) is 1. The highest BCUT2D eigenvalue weighted by atomic mass is 16.5. The van der Waals surface area contributed by atoms with E-state index in [1.54, 1.807) is 0 Å². The Labute approximate surface area is 131 Å². The molecule has 4 heteroatoms. The molecule has 1 atom stereocenters. The van der Waals surface area contributed by atoms with Crippen molar-refractivity contribution in [3.8, 4) is 0 Å². The molecule has 0 spiro atoms. The molecule has 1 aliphatic carbocycles. The predicted molar refractivity (Wildman–Crippen MR) is 85.0 cm³/mol. The molecule has 1 unspecified atom stereocenters. The second kappa shape index (κ2) is 6.97. The number of carbonyl (C=O) groups is 1. The molecule has 0 saturated heterocycles. The van der Waals surface area contributed by atoms with Crippen LogP contribution in [0.4, 0.5) is 4.79 Å². The predicted octanol–water partition coefficient (Wildman–Crippen LogP) is 3.65. The highest BCUT2D eigenvalue weighted by Gasteiger charge is 2.27. The number of rotatable bonds is 4. The third kappa shape index (κ3) is 3.50. The number of hydrogen-bond acceptors (Lipinski definition) is 2. The summed E-state index contributed by atoms with van der Waals surface area (Å²) < 4.78 is 5.98. The molecule has 4 nitrogen and oxygen atoms in total. The van der Waals surface area contributed by atoms with Gasteiger partial charge in [0.05, 0.1) is 18.8 Å². The van der Waals surface area contributed by atoms with Gasteiger partial charge in [0.15, 0.2) is 0 Å². The Balaban J connectivity index is 1.44. The standard InChI is InChI=1S/C18H23NO3/c20-18(21)19-12-4-7-16(19)13-22-17-10-8-15(9-11-17)14-5-2-1-3-6-14/h1-7,15-17H,8-13H2,(H,20,21)/t15-,16?,17+. The van der Waals surface area contributed by atoms with Crippen LogP contribution in [0.15, 0.2) is 42.5 Å². The van der Waals surface area contributed by atoms with E-state index in [1.165, 1.54) is 10.5 Å². The molecule has 0 aromatic heterocycles. The third-order valence-corrected chi connectivity index (χ3v) is 4.75. The fraction of sp³-hybridized carbons (Fsp3) is 0.500. The fourth-order valence-electron chi connectivity index (χ4n) is 3.46. The summed E-state index contributed by atoms with van der Waals surface area (Å²) in [5.41, 5.74) is 1.43. The van der Waals surface area contributed by atoms with E-state index in [-0.39, 0.29) is 12.1 Å². The van der Waals surface area contributed by atoms with Gasteiger partial charge in [-0.15, -0.1) is 0 Å². The SMILES string of the molecule is O=C(O)N1CC=CC1CO[C@H]1CC[C@@H](c2ccccc2)CC1. The summed E-state index contributed by atoms with van der Waals surface area (Å²) in [7, 11) is 0. The molecule has 1 saturated carbocycles. The Morgan fingerprint density at radius 1 is 1.18 bits per heavy atom. The van der Waals surface area contributed by atoms with E-state index < -0.39 is 6.09 Å². The maximum absolute atomic E-state index is 11.1. The quantitative estimate of drug-likeness (QED) is 0.864. The Kier molecular flexibility index (Phi) is 4.78. The molecule has 1 aromatic rings. The van der Waals surface area contributed by atoms with Gasteiger partial charge in [0.25, 0.3) is 0 Å². The zero-order valence-electron chi connectivity index (χ0n) is 12.7. The second-order valence-electron chi connectivity index (χ2n) is 6.15. The van der Waals surface area contributed by atoms with Gasteiger partial charge in [-0.25, -0.2) is 4.79 Å². The topological polar surface area (TPSA) is 49.8 Å². The van der Waals surface area contributed by atoms with Crippen LogP contribution >= 0.6 is 0 Å². The third-order valence-electron chi connectivity index (χ3n) is 4.75. The number of amides is 1. The summed E-state index contributed by atoms with van der Waals surface area (Å²) in [6.07, 6.45) is 7.65. The first-order valence-electron chi connectivity index (χ1n) is 8.07. The van der Waals surface area contributed by atoms with E-state index in [1.807, 2.05) is 12.2 Å². The van der Waals surface area contributed by atoms with Crippen LogP contribution in [0.25, 0.3) is 0 Å². The molecular weight excluding hydrogens is 278 g/mol. The monoisotopic (exact) mass is 301 g/mol. The highest BCUT2D eigenvalue weighted by molar-refractivity contribution is 5.66. The second-order valence-corrected chi connectivity index (χ2v) is 6.15. The molecule has 0 bridgehead atoms. The van der Waals surface area contributed by atoms with E-state index in [9.17, 15) is 4.79 Å². The normalized spacial score (nSPS) is 28.0. The minimum absolute atomic E-state index is 0.121. The molecule has 1 amide bonds. The molecule has 3 rings (SSSR count). The van der Waals surface area contributed by atoms with E-state index in [0.29, 0.717) is 19.1 Å². The zero-order valence-corrected chi connectivity index (χ0v) is 12.7. The zero-order chi connectivity index (χ0) is 15.4. The Morgan fingerprint density at radius 2 is 1.91 bits per heavy atom. The van der Waals surface area contributed by atoms with Crippen LogP contribution in [-0.2, 0) is 4.74 Å². The van der Waals surface area contributed by atoms with Crippen molar-refractivity contribution in [3.05, 3.63) is 48.0 Å². The van der Waals surface area contributed by atoms with Gasteiger partial charge in [-0.3, -0.25) is 4.90 Å². The minimum Gasteiger partial charge on any atom is -0.465 e. The molecule has 1 heterocycles. The highest BCUT2D eigenvalue weighted by Crippen LogP contribution is 2.34. The fourth-order valence-corrected chi connectivity index (χ4v) is 3.46. The summed E-state index contributed by atoms with van der Waals surface area (Å²) in [6.45, 7) is 0.952. The molecule has 2 aliphatic rings. The van der Waals surface area contributed by atoms with Crippen LogP contribution in [0.2, 0.25) is 0 Å². The first kappa shape index (κ1) is 15.1. The number of benzene rings is 1. The molecular formula is C18H23NO3. The average molecular weight is 301 g/mol. The smallest absolute Gasteiger partial charge is 0.408 e. The largest absolute Gasteiger partial charge is 0.465 e. The van der Waals surface area contributed by atoms with Gasteiger partial charge < -0.3 is 9.84 Å². The number of nitrogens with zero attached hydrogens (tertiary/aromatic N) is 1. The molecule has 0 radical (unpaired) electrons. The lowest BCUT2D eigenvalue weighted by Gasteiger charge is -2.30. The van der Waals surface area contributed by atoms with E-state index in [4.69, 9.17) is 9.84 Å². The summed E-state index contributed by atoms with van der Waals surface area (Å²) >= 11 is 0. The van der Waals surface area contributed by atoms with Crippen LogP contribution in [0.5, 0.6) is 0 Å². The van der Waals surface area contributed by atoms with Crippen molar-refractivity contribution >= 4 is 6.09 Å². The van der Waals surface area contributed by atoms with Crippen LogP contribution in [0, 0.1) is 0 Å². The maximum atomic E-state index is 11.1. The van der Waals surface area contributed by atoms with Crippen LogP contribution in [-0.4, -0.2) is 41.4 Å². The van der Waals surface area contributed by atoms with Crippen LogP contribution in [0.1, 0.15) is 37.2 Å². The van der Waals surface area contributed by atoms with Crippen LogP contribution < -0.4 is 0 Å². The van der Waals surface area contributed by atoms with Crippen molar-refractivity contribution in [3.63, 3.8) is 0 Å². The van der Waals surface area contributed by atoms with Gasteiger partial charge >= 0.3 is 6.09 Å². The Hall–Kier alpha value is -1.81. The lowest BCUT2D eigenvalue weighted by atomic mass is 9.83. The molecule has 22 heavy (non-hydrogen) atoms. The van der Waals surface area contributed by atoms with Gasteiger partial charge in [-0.1, -0.05) is 42.5 Å². The molecule has 1 fully saturated rings. The van der Waals surface area contributed by atoms with Gasteiger partial charge in [-0.2, -0.15) is 0 Å². The molecule has 118 valence electrons. The molecule has 1 aliphatic heterocycles. The first-order valence-corrected chi connectivity index (χ1v) is 8.07. The van der Waals surface area contributed by atoms with E-state index in [2.05, 4.69) is 30.3 Å². The average Bonchev–Trinajstić information content (AvgIpc) is 3.03. The number of carboxylic acid groups (broad SMARTS) is 1. The Morgan fingerprint density at radius 3 is 2.59 bits per heavy atom. The van der Waals surface area contributed by atoms with Gasteiger partial charge in [0, 0.05) is 6.54 Å². The van der Waals surface area contributed by atoms with Crippen molar-refractivity contribution < 1.29 is 14.6 Å². The Bertz CT molecular complexity index is 520. The summed E-state index contributed by atoms with van der Waals surface area (Å²) in [4.78, 5) is 12.5. The molecule has 1 aromatic carbocycles.